The Morgan fingerprint density at radius 1 is 1.05 bits per heavy atom. The molecule has 0 atom stereocenters. The summed E-state index contributed by atoms with van der Waals surface area (Å²) in [5.74, 6) is 1.88. The fraction of sp³-hybridized carbons (Fsp3) is 0.235. The van der Waals surface area contributed by atoms with Gasteiger partial charge in [0.2, 0.25) is 0 Å². The number of benzene rings is 2. The molecule has 1 N–H and O–H groups in total. The minimum Gasteiger partial charge on any atom is -0.497 e. The molecule has 0 saturated carbocycles. The number of amides is 1. The smallest absolute Gasteiger partial charge is 0.251 e. The molecule has 2 aromatic rings. The van der Waals surface area contributed by atoms with Crippen LogP contribution in [0.3, 0.4) is 0 Å². The van der Waals surface area contributed by atoms with Crippen molar-refractivity contribution in [1.29, 1.82) is 0 Å². The Labute approximate surface area is 134 Å². The van der Waals surface area contributed by atoms with E-state index >= 15 is 0 Å². The Kier molecular flexibility index (Phi) is 6.15. The van der Waals surface area contributed by atoms with Gasteiger partial charge in [-0.2, -0.15) is 0 Å². The molecule has 0 aliphatic carbocycles. The van der Waals surface area contributed by atoms with Crippen LogP contribution in [0.1, 0.15) is 10.4 Å². The van der Waals surface area contributed by atoms with Crippen molar-refractivity contribution in [2.24, 2.45) is 0 Å². The van der Waals surface area contributed by atoms with Gasteiger partial charge in [0.25, 0.3) is 5.91 Å². The molecule has 1 amide bonds. The van der Waals surface area contributed by atoms with Crippen molar-refractivity contribution in [3.05, 3.63) is 54.1 Å². The zero-order chi connectivity index (χ0) is 15.8. The second-order valence-electron chi connectivity index (χ2n) is 4.52. The minimum atomic E-state index is -0.133. The normalized spacial score (nSPS) is 10.1. The highest BCUT2D eigenvalue weighted by Gasteiger charge is 2.09. The van der Waals surface area contributed by atoms with Gasteiger partial charge in [-0.1, -0.05) is 18.2 Å². The van der Waals surface area contributed by atoms with E-state index in [1.807, 2.05) is 18.2 Å². The molecule has 0 aliphatic rings. The highest BCUT2D eigenvalue weighted by Crippen LogP contribution is 2.22. The number of nitrogens with one attached hydrogen (secondary N) is 1. The van der Waals surface area contributed by atoms with E-state index < -0.39 is 0 Å². The number of hydrogen-bond donors (Lipinski definition) is 1. The van der Waals surface area contributed by atoms with Gasteiger partial charge in [0.05, 0.1) is 14.2 Å². The van der Waals surface area contributed by atoms with Crippen LogP contribution in [-0.2, 0) is 0 Å². The Balaban J connectivity index is 1.87. The van der Waals surface area contributed by atoms with E-state index in [1.54, 1.807) is 44.2 Å². The van der Waals surface area contributed by atoms with Crippen LogP contribution in [0.25, 0.3) is 0 Å². The summed E-state index contributed by atoms with van der Waals surface area (Å²) in [6.07, 6.45) is 0. The van der Waals surface area contributed by atoms with Gasteiger partial charge in [-0.25, -0.2) is 0 Å². The number of ether oxygens (including phenoxy) is 2. The summed E-state index contributed by atoms with van der Waals surface area (Å²) in [6.45, 7) is 0.595. The summed E-state index contributed by atoms with van der Waals surface area (Å²) in [7, 11) is 3.12. The average Bonchev–Trinajstić information content (AvgIpc) is 2.58. The molecule has 0 aliphatic heterocycles. The average molecular weight is 317 g/mol. The van der Waals surface area contributed by atoms with Gasteiger partial charge in [-0.15, -0.1) is 11.8 Å². The predicted octanol–water partition coefficient (Wildman–Crippen LogP) is 3.23. The third-order valence-electron chi connectivity index (χ3n) is 3.01. The Morgan fingerprint density at radius 3 is 2.27 bits per heavy atom. The number of thioether (sulfide) groups is 1. The summed E-state index contributed by atoms with van der Waals surface area (Å²) < 4.78 is 10.3. The third-order valence-corrected chi connectivity index (χ3v) is 4.03. The number of carbonyl (C=O) groups is 1. The number of carbonyl (C=O) groups excluding carboxylic acids is 1. The van der Waals surface area contributed by atoms with Gasteiger partial charge in [0.1, 0.15) is 11.5 Å². The van der Waals surface area contributed by atoms with Gasteiger partial charge in [-0.05, 0) is 24.3 Å². The molecule has 0 spiro atoms. The number of rotatable bonds is 7. The first-order chi connectivity index (χ1) is 10.7. The molecule has 0 radical (unpaired) electrons. The molecular weight excluding hydrogens is 298 g/mol. The molecule has 0 aromatic heterocycles. The van der Waals surface area contributed by atoms with Crippen molar-refractivity contribution in [3.63, 3.8) is 0 Å². The third kappa shape index (κ3) is 4.70. The van der Waals surface area contributed by atoms with Gasteiger partial charge in [0.15, 0.2) is 0 Å². The largest absolute Gasteiger partial charge is 0.497 e. The summed E-state index contributed by atoms with van der Waals surface area (Å²) >= 11 is 1.71. The van der Waals surface area contributed by atoms with E-state index in [2.05, 4.69) is 17.4 Å². The molecule has 0 bridgehead atoms. The highest BCUT2D eigenvalue weighted by atomic mass is 32.2. The molecule has 22 heavy (non-hydrogen) atoms. The molecular formula is C17H19NO3S. The first-order valence-corrected chi connectivity index (χ1v) is 7.90. The Morgan fingerprint density at radius 2 is 1.68 bits per heavy atom. The second kappa shape index (κ2) is 8.34. The molecule has 116 valence electrons. The zero-order valence-electron chi connectivity index (χ0n) is 12.7. The lowest BCUT2D eigenvalue weighted by Crippen LogP contribution is -2.25. The summed E-state index contributed by atoms with van der Waals surface area (Å²) in [4.78, 5) is 13.4. The molecule has 4 nitrogen and oxygen atoms in total. The lowest BCUT2D eigenvalue weighted by molar-refractivity contribution is 0.0955. The summed E-state index contributed by atoms with van der Waals surface area (Å²) in [6, 6.07) is 15.2. The van der Waals surface area contributed by atoms with Crippen LogP contribution >= 0.6 is 11.8 Å². The van der Waals surface area contributed by atoms with Crippen LogP contribution in [0, 0.1) is 0 Å². The predicted molar refractivity (Wildman–Crippen MR) is 89.0 cm³/mol. The molecule has 0 saturated heterocycles. The Bertz CT molecular complexity index is 594. The second-order valence-corrected chi connectivity index (χ2v) is 5.69. The maximum absolute atomic E-state index is 12.2. The van der Waals surface area contributed by atoms with Crippen LogP contribution in [0.4, 0.5) is 0 Å². The van der Waals surface area contributed by atoms with Crippen LogP contribution in [-0.4, -0.2) is 32.4 Å². The number of hydrogen-bond acceptors (Lipinski definition) is 4. The maximum atomic E-state index is 12.2. The fourth-order valence-electron chi connectivity index (χ4n) is 1.89. The van der Waals surface area contributed by atoms with E-state index in [0.29, 0.717) is 23.6 Å². The first kappa shape index (κ1) is 16.2. The van der Waals surface area contributed by atoms with Crippen LogP contribution in [0.2, 0.25) is 0 Å². The lowest BCUT2D eigenvalue weighted by Gasteiger charge is -2.09. The van der Waals surface area contributed by atoms with Crippen molar-refractivity contribution >= 4 is 17.7 Å². The minimum absolute atomic E-state index is 0.133. The van der Waals surface area contributed by atoms with Crippen molar-refractivity contribution in [1.82, 2.24) is 5.32 Å². The topological polar surface area (TPSA) is 47.6 Å². The van der Waals surface area contributed by atoms with Crippen molar-refractivity contribution < 1.29 is 14.3 Å². The summed E-state index contributed by atoms with van der Waals surface area (Å²) in [5, 5.41) is 2.90. The van der Waals surface area contributed by atoms with E-state index in [0.717, 1.165) is 5.75 Å². The fourth-order valence-corrected chi connectivity index (χ4v) is 2.68. The van der Waals surface area contributed by atoms with Gasteiger partial charge in [-0.3, -0.25) is 4.79 Å². The lowest BCUT2D eigenvalue weighted by atomic mass is 10.2. The molecule has 0 unspecified atom stereocenters. The highest BCUT2D eigenvalue weighted by molar-refractivity contribution is 7.99. The zero-order valence-corrected chi connectivity index (χ0v) is 13.5. The van der Waals surface area contributed by atoms with Crippen molar-refractivity contribution in [2.45, 2.75) is 4.90 Å². The van der Waals surface area contributed by atoms with Crippen LogP contribution in [0.5, 0.6) is 11.5 Å². The monoisotopic (exact) mass is 317 g/mol. The van der Waals surface area contributed by atoms with Gasteiger partial charge < -0.3 is 14.8 Å². The van der Waals surface area contributed by atoms with E-state index in [9.17, 15) is 4.79 Å². The van der Waals surface area contributed by atoms with Crippen LogP contribution in [0.15, 0.2) is 53.4 Å². The Hall–Kier alpha value is -2.14. The molecule has 5 heteroatoms. The van der Waals surface area contributed by atoms with E-state index in [1.165, 1.54) is 4.90 Å². The van der Waals surface area contributed by atoms with E-state index in [-0.39, 0.29) is 5.91 Å². The molecule has 2 rings (SSSR count). The van der Waals surface area contributed by atoms with Gasteiger partial charge in [0, 0.05) is 28.8 Å². The standard InChI is InChI=1S/C17H19NO3S/c1-20-14-10-13(11-15(12-14)21-2)17(19)18-8-9-22-16-6-4-3-5-7-16/h3-7,10-12H,8-9H2,1-2H3,(H,18,19). The number of methoxy groups -OCH3 is 2. The van der Waals surface area contributed by atoms with Crippen molar-refractivity contribution in [3.8, 4) is 11.5 Å². The maximum Gasteiger partial charge on any atom is 0.251 e. The van der Waals surface area contributed by atoms with Crippen LogP contribution < -0.4 is 14.8 Å². The van der Waals surface area contributed by atoms with Gasteiger partial charge >= 0.3 is 0 Å². The molecule has 2 aromatic carbocycles. The molecule has 0 heterocycles. The quantitative estimate of drug-likeness (QED) is 0.629. The van der Waals surface area contributed by atoms with Crippen molar-refractivity contribution in [2.75, 3.05) is 26.5 Å². The summed E-state index contributed by atoms with van der Waals surface area (Å²) in [5.41, 5.74) is 0.529. The molecule has 0 fully saturated rings. The first-order valence-electron chi connectivity index (χ1n) is 6.92. The SMILES string of the molecule is COc1cc(OC)cc(C(=O)NCCSc2ccccc2)c1. The van der Waals surface area contributed by atoms with E-state index in [4.69, 9.17) is 9.47 Å².